The summed E-state index contributed by atoms with van der Waals surface area (Å²) in [6, 6.07) is 39.9. The van der Waals surface area contributed by atoms with Gasteiger partial charge in [-0.1, -0.05) is 118 Å². The van der Waals surface area contributed by atoms with Crippen LogP contribution in [0.25, 0.3) is 32.7 Å². The fourth-order valence-corrected chi connectivity index (χ4v) is 4.97. The number of hydrogen-bond donors (Lipinski definition) is 0. The standard InChI is InChI=1S/C31H28/c1-31(2,3)30(24-15-8-5-9-16-24)29-20-25-19-18-23-14-10-11-17-26(23)28(25)21-27(29)22-12-6-4-7-13-22/h4-21,30H,1-3H3. The minimum Gasteiger partial charge on any atom is -0.0622 e. The van der Waals surface area contributed by atoms with Gasteiger partial charge in [0.25, 0.3) is 0 Å². The average molecular weight is 401 g/mol. The van der Waals surface area contributed by atoms with E-state index >= 15 is 0 Å². The van der Waals surface area contributed by atoms with Crippen molar-refractivity contribution in [1.82, 2.24) is 0 Å². The maximum atomic E-state index is 2.44. The highest BCUT2D eigenvalue weighted by molar-refractivity contribution is 6.09. The van der Waals surface area contributed by atoms with Gasteiger partial charge in [-0.05, 0) is 61.3 Å². The monoisotopic (exact) mass is 400 g/mol. The molecule has 0 N–H and O–H groups in total. The van der Waals surface area contributed by atoms with Crippen molar-refractivity contribution in [1.29, 1.82) is 0 Å². The van der Waals surface area contributed by atoms with Crippen LogP contribution in [0.15, 0.2) is 109 Å². The second-order valence-corrected chi connectivity index (χ2v) is 9.52. The van der Waals surface area contributed by atoms with Gasteiger partial charge in [-0.25, -0.2) is 0 Å². The Bertz CT molecular complexity index is 1340. The molecule has 5 aromatic rings. The molecule has 0 aliphatic rings. The van der Waals surface area contributed by atoms with Gasteiger partial charge in [0.05, 0.1) is 0 Å². The molecule has 1 atom stereocenters. The van der Waals surface area contributed by atoms with Crippen LogP contribution in [0.5, 0.6) is 0 Å². The molecular weight excluding hydrogens is 372 g/mol. The van der Waals surface area contributed by atoms with E-state index in [0.29, 0.717) is 5.92 Å². The third-order valence-electron chi connectivity index (χ3n) is 6.31. The lowest BCUT2D eigenvalue weighted by Gasteiger charge is -2.34. The van der Waals surface area contributed by atoms with Gasteiger partial charge in [0, 0.05) is 5.92 Å². The maximum Gasteiger partial charge on any atom is 0.0144 e. The first-order valence-corrected chi connectivity index (χ1v) is 11.1. The molecule has 0 aliphatic heterocycles. The van der Waals surface area contributed by atoms with Crippen molar-refractivity contribution < 1.29 is 0 Å². The molecule has 5 aromatic carbocycles. The van der Waals surface area contributed by atoms with Gasteiger partial charge >= 0.3 is 0 Å². The van der Waals surface area contributed by atoms with Gasteiger partial charge in [0.2, 0.25) is 0 Å². The highest BCUT2D eigenvalue weighted by Gasteiger charge is 2.30. The Morgan fingerprint density at radius 1 is 0.548 bits per heavy atom. The first-order valence-electron chi connectivity index (χ1n) is 11.1. The van der Waals surface area contributed by atoms with Crippen LogP contribution >= 0.6 is 0 Å². The molecule has 31 heavy (non-hydrogen) atoms. The van der Waals surface area contributed by atoms with E-state index in [1.54, 1.807) is 0 Å². The molecule has 0 heterocycles. The molecule has 1 unspecified atom stereocenters. The van der Waals surface area contributed by atoms with Crippen LogP contribution in [0.3, 0.4) is 0 Å². The molecule has 0 aliphatic carbocycles. The van der Waals surface area contributed by atoms with E-state index in [1.807, 2.05) is 0 Å². The fraction of sp³-hybridized carbons (Fsp3) is 0.161. The fourth-order valence-electron chi connectivity index (χ4n) is 4.97. The Morgan fingerprint density at radius 3 is 1.87 bits per heavy atom. The van der Waals surface area contributed by atoms with Gasteiger partial charge < -0.3 is 0 Å². The molecule has 0 fully saturated rings. The van der Waals surface area contributed by atoms with Gasteiger partial charge in [-0.2, -0.15) is 0 Å². The third kappa shape index (κ3) is 3.64. The zero-order chi connectivity index (χ0) is 21.4. The molecule has 0 radical (unpaired) electrons. The second-order valence-electron chi connectivity index (χ2n) is 9.52. The molecule has 0 bridgehead atoms. The van der Waals surface area contributed by atoms with Gasteiger partial charge in [0.15, 0.2) is 0 Å². The predicted octanol–water partition coefficient (Wildman–Crippen LogP) is 8.84. The largest absolute Gasteiger partial charge is 0.0622 e. The molecule has 0 amide bonds. The smallest absolute Gasteiger partial charge is 0.0144 e. The van der Waals surface area contributed by atoms with Crippen LogP contribution in [0.1, 0.15) is 37.8 Å². The van der Waals surface area contributed by atoms with Crippen LogP contribution in [0.4, 0.5) is 0 Å². The van der Waals surface area contributed by atoms with Crippen LogP contribution < -0.4 is 0 Å². The van der Waals surface area contributed by atoms with E-state index in [4.69, 9.17) is 0 Å². The zero-order valence-corrected chi connectivity index (χ0v) is 18.5. The van der Waals surface area contributed by atoms with E-state index in [9.17, 15) is 0 Å². The lowest BCUT2D eigenvalue weighted by molar-refractivity contribution is 0.359. The first-order chi connectivity index (χ1) is 15.0. The minimum absolute atomic E-state index is 0.0788. The van der Waals surface area contributed by atoms with Crippen LogP contribution in [0.2, 0.25) is 0 Å². The molecule has 0 saturated carbocycles. The summed E-state index contributed by atoms with van der Waals surface area (Å²) in [6.45, 7) is 7.05. The predicted molar refractivity (Wildman–Crippen MR) is 135 cm³/mol. The van der Waals surface area contributed by atoms with Crippen molar-refractivity contribution in [2.75, 3.05) is 0 Å². The highest BCUT2D eigenvalue weighted by Crippen LogP contribution is 2.46. The van der Waals surface area contributed by atoms with E-state index in [2.05, 4.69) is 130 Å². The molecule has 5 rings (SSSR count). The summed E-state index contributed by atoms with van der Waals surface area (Å²) in [7, 11) is 0. The topological polar surface area (TPSA) is 0 Å². The van der Waals surface area contributed by atoms with Crippen LogP contribution in [-0.4, -0.2) is 0 Å². The number of benzene rings is 5. The summed E-state index contributed by atoms with van der Waals surface area (Å²) in [5.74, 6) is 0.291. The second kappa shape index (κ2) is 7.71. The van der Waals surface area contributed by atoms with E-state index in [1.165, 1.54) is 43.8 Å². The summed E-state index contributed by atoms with van der Waals surface area (Å²) >= 11 is 0. The Hall–Kier alpha value is -3.38. The average Bonchev–Trinajstić information content (AvgIpc) is 2.79. The molecule has 0 aromatic heterocycles. The Balaban J connectivity index is 1.87. The Morgan fingerprint density at radius 2 is 1.16 bits per heavy atom. The maximum absolute atomic E-state index is 2.44. The lowest BCUT2D eigenvalue weighted by Crippen LogP contribution is -2.20. The molecule has 0 nitrogen and oxygen atoms in total. The Labute approximate surface area is 185 Å². The zero-order valence-electron chi connectivity index (χ0n) is 18.5. The minimum atomic E-state index is 0.0788. The third-order valence-corrected chi connectivity index (χ3v) is 6.31. The summed E-state index contributed by atoms with van der Waals surface area (Å²) < 4.78 is 0. The van der Waals surface area contributed by atoms with Gasteiger partial charge in [-0.15, -0.1) is 0 Å². The SMILES string of the molecule is CC(C)(C)C(c1ccccc1)c1cc2ccc3ccccc3c2cc1-c1ccccc1. The Kier molecular flexibility index (Phi) is 4.87. The summed E-state index contributed by atoms with van der Waals surface area (Å²) in [4.78, 5) is 0. The van der Waals surface area contributed by atoms with E-state index in [0.717, 1.165) is 0 Å². The number of rotatable bonds is 3. The van der Waals surface area contributed by atoms with Crippen LogP contribution in [-0.2, 0) is 0 Å². The molecular formula is C31H28. The van der Waals surface area contributed by atoms with E-state index < -0.39 is 0 Å². The molecule has 0 heteroatoms. The van der Waals surface area contributed by atoms with Gasteiger partial charge in [-0.3, -0.25) is 0 Å². The molecule has 0 spiro atoms. The van der Waals surface area contributed by atoms with Gasteiger partial charge in [0.1, 0.15) is 0 Å². The normalized spacial score (nSPS) is 12.9. The van der Waals surface area contributed by atoms with Crippen molar-refractivity contribution in [2.24, 2.45) is 5.41 Å². The summed E-state index contributed by atoms with van der Waals surface area (Å²) in [5, 5.41) is 5.23. The van der Waals surface area contributed by atoms with Crippen LogP contribution in [0, 0.1) is 5.41 Å². The van der Waals surface area contributed by atoms with Crippen molar-refractivity contribution >= 4 is 21.5 Å². The van der Waals surface area contributed by atoms with Crippen molar-refractivity contribution in [2.45, 2.75) is 26.7 Å². The van der Waals surface area contributed by atoms with E-state index in [-0.39, 0.29) is 5.41 Å². The number of fused-ring (bicyclic) bond motifs is 3. The molecule has 152 valence electrons. The highest BCUT2D eigenvalue weighted by atomic mass is 14.3. The van der Waals surface area contributed by atoms with Crippen molar-refractivity contribution in [3.05, 3.63) is 120 Å². The van der Waals surface area contributed by atoms with Crippen molar-refractivity contribution in [3.63, 3.8) is 0 Å². The first kappa shape index (κ1) is 19.6. The lowest BCUT2D eigenvalue weighted by atomic mass is 9.70. The number of hydrogen-bond acceptors (Lipinski definition) is 0. The summed E-state index contributed by atoms with van der Waals surface area (Å²) in [5.41, 5.74) is 5.45. The summed E-state index contributed by atoms with van der Waals surface area (Å²) in [6.07, 6.45) is 0. The molecule has 0 saturated heterocycles. The van der Waals surface area contributed by atoms with Crippen molar-refractivity contribution in [3.8, 4) is 11.1 Å². The quantitative estimate of drug-likeness (QED) is 0.265.